The van der Waals surface area contributed by atoms with Gasteiger partial charge in [-0.05, 0) is 12.1 Å². The number of hydrogen-bond donors (Lipinski definition) is 1. The SMILES string of the molecule is COC/C(N)=N/c1cc(SCC(F)(F)F)c(Cl)cc1Cl. The number of nitrogens with two attached hydrogens (primary N) is 1. The number of benzene rings is 1. The summed E-state index contributed by atoms with van der Waals surface area (Å²) in [6.45, 7) is 0.0873. The van der Waals surface area contributed by atoms with E-state index in [0.29, 0.717) is 11.8 Å². The van der Waals surface area contributed by atoms with Gasteiger partial charge in [-0.2, -0.15) is 13.2 Å². The summed E-state index contributed by atoms with van der Waals surface area (Å²) in [5, 5.41) is 0.332. The van der Waals surface area contributed by atoms with E-state index in [4.69, 9.17) is 33.7 Å². The van der Waals surface area contributed by atoms with E-state index in [0.717, 1.165) is 0 Å². The molecule has 2 N–H and O–H groups in total. The first kappa shape index (κ1) is 17.4. The zero-order chi connectivity index (χ0) is 15.3. The van der Waals surface area contributed by atoms with Gasteiger partial charge < -0.3 is 10.5 Å². The molecule has 0 amide bonds. The highest BCUT2D eigenvalue weighted by molar-refractivity contribution is 7.99. The van der Waals surface area contributed by atoms with Crippen LogP contribution in [0.5, 0.6) is 0 Å². The van der Waals surface area contributed by atoms with Gasteiger partial charge in [-0.25, -0.2) is 4.99 Å². The number of nitrogens with zero attached hydrogens (tertiary/aromatic N) is 1. The third kappa shape index (κ3) is 5.78. The number of hydrogen-bond acceptors (Lipinski definition) is 3. The molecule has 0 aliphatic heterocycles. The van der Waals surface area contributed by atoms with Crippen LogP contribution in [0, 0.1) is 0 Å². The van der Waals surface area contributed by atoms with E-state index in [-0.39, 0.29) is 33.1 Å². The summed E-state index contributed by atoms with van der Waals surface area (Å²) in [6, 6.07) is 2.70. The molecule has 0 atom stereocenters. The van der Waals surface area contributed by atoms with Crippen molar-refractivity contribution in [3.63, 3.8) is 0 Å². The second-order valence-corrected chi connectivity index (χ2v) is 5.51. The fraction of sp³-hybridized carbons (Fsp3) is 0.364. The zero-order valence-electron chi connectivity index (χ0n) is 10.3. The summed E-state index contributed by atoms with van der Waals surface area (Å²) in [6.07, 6.45) is -4.29. The van der Waals surface area contributed by atoms with Crippen molar-refractivity contribution < 1.29 is 17.9 Å². The lowest BCUT2D eigenvalue weighted by molar-refractivity contribution is -0.105. The first-order valence-electron chi connectivity index (χ1n) is 5.23. The summed E-state index contributed by atoms with van der Waals surface area (Å²) >= 11 is 12.3. The van der Waals surface area contributed by atoms with Gasteiger partial charge in [0, 0.05) is 12.0 Å². The molecule has 0 bridgehead atoms. The zero-order valence-corrected chi connectivity index (χ0v) is 12.6. The number of halogens is 5. The van der Waals surface area contributed by atoms with Gasteiger partial charge in [0.1, 0.15) is 12.4 Å². The summed E-state index contributed by atoms with van der Waals surface area (Å²) in [5.74, 6) is -0.895. The van der Waals surface area contributed by atoms with Crippen LogP contribution in [0.3, 0.4) is 0 Å². The smallest absolute Gasteiger partial charge is 0.385 e. The van der Waals surface area contributed by atoms with Crippen LogP contribution in [0.4, 0.5) is 18.9 Å². The van der Waals surface area contributed by atoms with Gasteiger partial charge in [-0.15, -0.1) is 11.8 Å². The summed E-state index contributed by atoms with van der Waals surface area (Å²) in [4.78, 5) is 4.21. The van der Waals surface area contributed by atoms with Crippen LogP contribution in [0.25, 0.3) is 0 Å². The molecule has 0 spiro atoms. The van der Waals surface area contributed by atoms with Crippen LogP contribution in [0.2, 0.25) is 10.0 Å². The lowest BCUT2D eigenvalue weighted by Crippen LogP contribution is -2.17. The molecule has 0 fully saturated rings. The summed E-state index contributed by atoms with van der Waals surface area (Å²) in [5.41, 5.74) is 5.81. The summed E-state index contributed by atoms with van der Waals surface area (Å²) in [7, 11) is 1.44. The average Bonchev–Trinajstić information content (AvgIpc) is 2.30. The van der Waals surface area contributed by atoms with Crippen molar-refractivity contribution in [3.05, 3.63) is 22.2 Å². The second kappa shape index (κ2) is 7.40. The Labute approximate surface area is 128 Å². The van der Waals surface area contributed by atoms with Crippen LogP contribution in [-0.4, -0.2) is 31.5 Å². The first-order chi connectivity index (χ1) is 9.23. The number of rotatable bonds is 5. The van der Waals surface area contributed by atoms with E-state index in [1.165, 1.54) is 19.2 Å². The molecule has 1 aromatic rings. The van der Waals surface area contributed by atoms with E-state index < -0.39 is 11.9 Å². The third-order valence-electron chi connectivity index (χ3n) is 1.95. The lowest BCUT2D eigenvalue weighted by Gasteiger charge is -2.09. The number of alkyl halides is 3. The van der Waals surface area contributed by atoms with Gasteiger partial charge in [0.15, 0.2) is 0 Å². The largest absolute Gasteiger partial charge is 0.398 e. The number of amidine groups is 1. The van der Waals surface area contributed by atoms with E-state index in [9.17, 15) is 13.2 Å². The van der Waals surface area contributed by atoms with E-state index in [1.54, 1.807) is 0 Å². The predicted molar refractivity (Wildman–Crippen MR) is 76.4 cm³/mol. The molecule has 0 saturated heterocycles. The molecule has 20 heavy (non-hydrogen) atoms. The maximum Gasteiger partial charge on any atom is 0.398 e. The van der Waals surface area contributed by atoms with Crippen LogP contribution in [-0.2, 0) is 4.74 Å². The Kier molecular flexibility index (Phi) is 6.44. The average molecular weight is 347 g/mol. The minimum atomic E-state index is -4.29. The van der Waals surface area contributed by atoms with E-state index >= 15 is 0 Å². The monoisotopic (exact) mass is 346 g/mol. The molecule has 1 aromatic carbocycles. The van der Waals surface area contributed by atoms with Gasteiger partial charge in [0.25, 0.3) is 0 Å². The highest BCUT2D eigenvalue weighted by Crippen LogP contribution is 2.38. The second-order valence-electron chi connectivity index (χ2n) is 3.67. The summed E-state index contributed by atoms with van der Waals surface area (Å²) < 4.78 is 41.4. The van der Waals surface area contributed by atoms with Crippen LogP contribution < -0.4 is 5.73 Å². The molecule has 0 unspecified atom stereocenters. The Morgan fingerprint density at radius 3 is 2.55 bits per heavy atom. The van der Waals surface area contributed by atoms with Gasteiger partial charge >= 0.3 is 6.18 Å². The van der Waals surface area contributed by atoms with Crippen molar-refractivity contribution in [2.75, 3.05) is 19.5 Å². The minimum absolute atomic E-state index is 0.0873. The Bertz CT molecular complexity index is 509. The van der Waals surface area contributed by atoms with Gasteiger partial charge in [0.2, 0.25) is 0 Å². The molecule has 0 aliphatic rings. The quantitative estimate of drug-likeness (QED) is 0.491. The molecule has 0 saturated carbocycles. The maximum absolute atomic E-state index is 12.2. The van der Waals surface area contributed by atoms with Crippen molar-refractivity contribution in [1.29, 1.82) is 0 Å². The molecule has 0 aliphatic carbocycles. The topological polar surface area (TPSA) is 47.6 Å². The molecule has 112 valence electrons. The van der Waals surface area contributed by atoms with E-state index in [2.05, 4.69) is 4.99 Å². The van der Waals surface area contributed by atoms with Gasteiger partial charge in [-0.3, -0.25) is 0 Å². The van der Waals surface area contributed by atoms with Crippen LogP contribution >= 0.6 is 35.0 Å². The van der Waals surface area contributed by atoms with Gasteiger partial charge in [0.05, 0.1) is 21.5 Å². The minimum Gasteiger partial charge on any atom is -0.385 e. The molecule has 1 rings (SSSR count). The molecule has 0 aromatic heterocycles. The molecule has 9 heteroatoms. The fourth-order valence-corrected chi connectivity index (χ4v) is 2.51. The number of ether oxygens (including phenoxy) is 1. The van der Waals surface area contributed by atoms with Crippen LogP contribution in [0.15, 0.2) is 22.0 Å². The maximum atomic E-state index is 12.2. The molecular weight excluding hydrogens is 336 g/mol. The van der Waals surface area contributed by atoms with Crippen molar-refractivity contribution in [2.24, 2.45) is 10.7 Å². The lowest BCUT2D eigenvalue weighted by atomic mass is 10.3. The van der Waals surface area contributed by atoms with E-state index in [1.807, 2.05) is 0 Å². The molecule has 0 radical (unpaired) electrons. The number of aliphatic imine (C=N–C) groups is 1. The Balaban J connectivity index is 3.00. The normalized spacial score (nSPS) is 12.8. The predicted octanol–water partition coefficient (Wildman–Crippen LogP) is 4.28. The van der Waals surface area contributed by atoms with Crippen LogP contribution in [0.1, 0.15) is 0 Å². The van der Waals surface area contributed by atoms with Gasteiger partial charge in [-0.1, -0.05) is 23.2 Å². The number of methoxy groups -OCH3 is 1. The molecular formula is C11H11Cl2F3N2OS. The highest BCUT2D eigenvalue weighted by atomic mass is 35.5. The Morgan fingerprint density at radius 2 is 2.00 bits per heavy atom. The van der Waals surface area contributed by atoms with Crippen molar-refractivity contribution in [3.8, 4) is 0 Å². The Morgan fingerprint density at radius 1 is 1.35 bits per heavy atom. The molecule has 3 nitrogen and oxygen atoms in total. The standard InChI is InChI=1S/C11H11Cl2F3N2OS/c1-19-4-10(17)18-8-3-9(7(13)2-6(8)12)20-5-11(14,15)16/h2-3H,4-5H2,1H3,(H2,17,18). The Hall–Kier alpha value is -0.630. The van der Waals surface area contributed by atoms with Crippen molar-refractivity contribution in [1.82, 2.24) is 0 Å². The van der Waals surface area contributed by atoms with Crippen molar-refractivity contribution >= 4 is 46.5 Å². The number of thioether (sulfide) groups is 1. The van der Waals surface area contributed by atoms with Crippen molar-refractivity contribution in [2.45, 2.75) is 11.1 Å². The highest BCUT2D eigenvalue weighted by Gasteiger charge is 2.27. The third-order valence-corrected chi connectivity index (χ3v) is 3.80. The fourth-order valence-electron chi connectivity index (χ4n) is 1.21. The first-order valence-corrected chi connectivity index (χ1v) is 6.97. The molecule has 0 heterocycles.